The van der Waals surface area contributed by atoms with Crippen molar-refractivity contribution in [3.8, 4) is 0 Å². The Hall–Kier alpha value is -1.95. The van der Waals surface area contributed by atoms with Gasteiger partial charge in [-0.25, -0.2) is 0 Å². The normalized spacial score (nSPS) is 19.2. The van der Waals surface area contributed by atoms with Gasteiger partial charge < -0.3 is 14.7 Å². The molecule has 0 spiro atoms. The Morgan fingerprint density at radius 3 is 2.95 bits per heavy atom. The van der Waals surface area contributed by atoms with Gasteiger partial charge in [-0.1, -0.05) is 6.92 Å². The van der Waals surface area contributed by atoms with E-state index in [1.54, 1.807) is 30.2 Å². The molecule has 2 heterocycles. The molecule has 2 atom stereocenters. The Morgan fingerprint density at radius 1 is 1.57 bits per heavy atom. The van der Waals surface area contributed by atoms with Gasteiger partial charge in [0.1, 0.15) is 0 Å². The van der Waals surface area contributed by atoms with Crippen LogP contribution in [0.2, 0.25) is 0 Å². The van der Waals surface area contributed by atoms with Crippen LogP contribution in [0.15, 0.2) is 24.5 Å². The molecular weight excluding hydrogens is 272 g/mol. The zero-order valence-electron chi connectivity index (χ0n) is 12.1. The smallest absolute Gasteiger partial charge is 0.308 e. The molecule has 6 heteroatoms. The Labute approximate surface area is 123 Å². The van der Waals surface area contributed by atoms with E-state index in [2.05, 4.69) is 4.98 Å². The SMILES string of the molecule is CC(CN(CC1CCCO1)C(=O)c1cccnc1)C(=O)O. The van der Waals surface area contributed by atoms with E-state index in [1.807, 2.05) is 0 Å². The van der Waals surface area contributed by atoms with Crippen molar-refractivity contribution in [3.63, 3.8) is 0 Å². The highest BCUT2D eigenvalue weighted by Crippen LogP contribution is 2.16. The lowest BCUT2D eigenvalue weighted by Gasteiger charge is -2.27. The lowest BCUT2D eigenvalue weighted by molar-refractivity contribution is -0.141. The standard InChI is InChI=1S/C15H20N2O4/c1-11(15(19)20)9-17(10-13-5-3-7-21-13)14(18)12-4-2-6-16-8-12/h2,4,6,8,11,13H,3,5,7,9-10H2,1H3,(H,19,20). The highest BCUT2D eigenvalue weighted by atomic mass is 16.5. The van der Waals surface area contributed by atoms with E-state index >= 15 is 0 Å². The summed E-state index contributed by atoms with van der Waals surface area (Å²) in [6, 6.07) is 3.38. The first-order valence-corrected chi connectivity index (χ1v) is 7.11. The first-order valence-electron chi connectivity index (χ1n) is 7.11. The molecule has 1 aliphatic heterocycles. The highest BCUT2D eigenvalue weighted by Gasteiger charge is 2.26. The highest BCUT2D eigenvalue weighted by molar-refractivity contribution is 5.94. The average Bonchev–Trinajstić information content (AvgIpc) is 2.99. The molecule has 0 aliphatic carbocycles. The zero-order valence-corrected chi connectivity index (χ0v) is 12.1. The number of carbonyl (C=O) groups is 2. The number of aliphatic carboxylic acids is 1. The Balaban J connectivity index is 2.09. The van der Waals surface area contributed by atoms with E-state index < -0.39 is 11.9 Å². The topological polar surface area (TPSA) is 79.7 Å². The fraction of sp³-hybridized carbons (Fsp3) is 0.533. The first kappa shape index (κ1) is 15.4. The molecule has 1 N–H and O–H groups in total. The van der Waals surface area contributed by atoms with Crippen LogP contribution in [0.4, 0.5) is 0 Å². The van der Waals surface area contributed by atoms with Gasteiger partial charge in [-0.05, 0) is 25.0 Å². The summed E-state index contributed by atoms with van der Waals surface area (Å²) in [5.74, 6) is -1.73. The van der Waals surface area contributed by atoms with E-state index in [0.29, 0.717) is 18.7 Å². The molecule has 0 saturated carbocycles. The van der Waals surface area contributed by atoms with Crippen molar-refractivity contribution in [2.24, 2.45) is 5.92 Å². The third-order valence-electron chi connectivity index (χ3n) is 3.56. The molecule has 1 aromatic rings. The van der Waals surface area contributed by atoms with Crippen LogP contribution >= 0.6 is 0 Å². The van der Waals surface area contributed by atoms with Crippen LogP contribution in [0.1, 0.15) is 30.1 Å². The van der Waals surface area contributed by atoms with Gasteiger partial charge in [-0.15, -0.1) is 0 Å². The largest absolute Gasteiger partial charge is 0.481 e. The summed E-state index contributed by atoms with van der Waals surface area (Å²) in [5, 5.41) is 9.06. The van der Waals surface area contributed by atoms with E-state index in [0.717, 1.165) is 12.8 Å². The Kier molecular flexibility index (Phi) is 5.27. The second-order valence-electron chi connectivity index (χ2n) is 5.33. The van der Waals surface area contributed by atoms with Crippen LogP contribution in [-0.2, 0) is 9.53 Å². The maximum absolute atomic E-state index is 12.5. The summed E-state index contributed by atoms with van der Waals surface area (Å²) in [5.41, 5.74) is 0.466. The Morgan fingerprint density at radius 2 is 2.38 bits per heavy atom. The minimum absolute atomic E-state index is 0.00776. The molecule has 2 unspecified atom stereocenters. The number of carboxylic acids is 1. The molecule has 2 rings (SSSR count). The molecule has 1 fully saturated rings. The summed E-state index contributed by atoms with van der Waals surface area (Å²) >= 11 is 0. The fourth-order valence-corrected chi connectivity index (χ4v) is 2.36. The molecule has 1 aromatic heterocycles. The number of ether oxygens (including phenoxy) is 1. The van der Waals surface area contributed by atoms with E-state index in [4.69, 9.17) is 9.84 Å². The molecule has 0 radical (unpaired) electrons. The van der Waals surface area contributed by atoms with Crippen LogP contribution in [-0.4, -0.2) is 52.7 Å². The minimum Gasteiger partial charge on any atom is -0.481 e. The molecule has 1 aliphatic rings. The van der Waals surface area contributed by atoms with Crippen molar-refractivity contribution < 1.29 is 19.4 Å². The van der Waals surface area contributed by atoms with E-state index in [9.17, 15) is 9.59 Å². The zero-order chi connectivity index (χ0) is 15.2. The van der Waals surface area contributed by atoms with Crippen molar-refractivity contribution in [3.05, 3.63) is 30.1 Å². The quantitative estimate of drug-likeness (QED) is 0.858. The van der Waals surface area contributed by atoms with Crippen molar-refractivity contribution in [2.45, 2.75) is 25.9 Å². The summed E-state index contributed by atoms with van der Waals surface area (Å²) in [4.78, 5) is 29.1. The monoisotopic (exact) mass is 292 g/mol. The molecule has 0 bridgehead atoms. The number of aromatic nitrogens is 1. The lowest BCUT2D eigenvalue weighted by Crippen LogP contribution is -2.41. The number of amides is 1. The van der Waals surface area contributed by atoms with Gasteiger partial charge in [0.05, 0.1) is 17.6 Å². The van der Waals surface area contributed by atoms with Gasteiger partial charge in [0.2, 0.25) is 0 Å². The molecule has 114 valence electrons. The number of hydrogen-bond acceptors (Lipinski definition) is 4. The number of hydrogen-bond donors (Lipinski definition) is 1. The molecule has 6 nitrogen and oxygen atoms in total. The van der Waals surface area contributed by atoms with Crippen LogP contribution < -0.4 is 0 Å². The predicted molar refractivity (Wildman–Crippen MR) is 75.9 cm³/mol. The molecule has 0 aromatic carbocycles. The molecule has 1 saturated heterocycles. The van der Waals surface area contributed by atoms with Crippen molar-refractivity contribution in [1.29, 1.82) is 0 Å². The van der Waals surface area contributed by atoms with Gasteiger partial charge in [0, 0.05) is 32.1 Å². The van der Waals surface area contributed by atoms with Crippen LogP contribution in [0.3, 0.4) is 0 Å². The van der Waals surface area contributed by atoms with Crippen LogP contribution in [0, 0.1) is 5.92 Å². The summed E-state index contributed by atoms with van der Waals surface area (Å²) < 4.78 is 5.55. The number of nitrogens with zero attached hydrogens (tertiary/aromatic N) is 2. The summed E-state index contributed by atoms with van der Waals surface area (Å²) in [6.45, 7) is 2.89. The molecular formula is C15H20N2O4. The van der Waals surface area contributed by atoms with E-state index in [-0.39, 0.29) is 18.6 Å². The first-order chi connectivity index (χ1) is 10.1. The van der Waals surface area contributed by atoms with Crippen LogP contribution in [0.5, 0.6) is 0 Å². The number of carbonyl (C=O) groups excluding carboxylic acids is 1. The lowest BCUT2D eigenvalue weighted by atomic mass is 10.1. The van der Waals surface area contributed by atoms with Gasteiger partial charge >= 0.3 is 5.97 Å². The second kappa shape index (κ2) is 7.17. The Bertz CT molecular complexity index is 486. The van der Waals surface area contributed by atoms with Crippen molar-refractivity contribution in [1.82, 2.24) is 9.88 Å². The van der Waals surface area contributed by atoms with Gasteiger partial charge in [0.15, 0.2) is 0 Å². The third-order valence-corrected chi connectivity index (χ3v) is 3.56. The van der Waals surface area contributed by atoms with Crippen molar-refractivity contribution in [2.75, 3.05) is 19.7 Å². The fourth-order valence-electron chi connectivity index (χ4n) is 2.36. The summed E-state index contributed by atoms with van der Waals surface area (Å²) in [6.07, 6.45) is 4.97. The van der Waals surface area contributed by atoms with Crippen molar-refractivity contribution >= 4 is 11.9 Å². The minimum atomic E-state index is -0.911. The number of rotatable bonds is 6. The van der Waals surface area contributed by atoms with Gasteiger partial charge in [-0.3, -0.25) is 14.6 Å². The number of pyridine rings is 1. The van der Waals surface area contributed by atoms with E-state index in [1.165, 1.54) is 6.20 Å². The maximum Gasteiger partial charge on any atom is 0.308 e. The number of carboxylic acid groups (broad SMARTS) is 1. The van der Waals surface area contributed by atoms with Gasteiger partial charge in [0.25, 0.3) is 5.91 Å². The average molecular weight is 292 g/mol. The van der Waals surface area contributed by atoms with Crippen LogP contribution in [0.25, 0.3) is 0 Å². The predicted octanol–water partition coefficient (Wildman–Crippen LogP) is 1.42. The second-order valence-corrected chi connectivity index (χ2v) is 5.33. The van der Waals surface area contributed by atoms with Gasteiger partial charge in [-0.2, -0.15) is 0 Å². The summed E-state index contributed by atoms with van der Waals surface area (Å²) in [7, 11) is 0. The third kappa shape index (κ3) is 4.26. The molecule has 21 heavy (non-hydrogen) atoms. The maximum atomic E-state index is 12.5. The molecule has 1 amide bonds.